The Hall–Kier alpha value is -3.94. The van der Waals surface area contributed by atoms with Crippen molar-refractivity contribution in [1.82, 2.24) is 10.3 Å². The summed E-state index contributed by atoms with van der Waals surface area (Å²) in [5, 5.41) is 31.5. The Morgan fingerprint density at radius 2 is 1.80 bits per heavy atom. The van der Waals surface area contributed by atoms with Crippen molar-refractivity contribution in [2.45, 2.75) is 32.2 Å². The van der Waals surface area contributed by atoms with Crippen molar-refractivity contribution < 1.29 is 24.5 Å². The third-order valence-corrected chi connectivity index (χ3v) is 7.67. The molecule has 1 atom stereocenters. The number of carbonyl (C=O) groups is 1. The second-order valence-corrected chi connectivity index (χ2v) is 10.7. The zero-order chi connectivity index (χ0) is 29.4. The number of pyridine rings is 1. The van der Waals surface area contributed by atoms with Gasteiger partial charge in [-0.15, -0.1) is 0 Å². The van der Waals surface area contributed by atoms with Crippen molar-refractivity contribution in [2.75, 3.05) is 6.61 Å². The van der Waals surface area contributed by atoms with Gasteiger partial charge in [0.25, 0.3) is 0 Å². The van der Waals surface area contributed by atoms with E-state index in [1.165, 1.54) is 13.1 Å². The SMILES string of the molecule is CC(CO)(NCc1cc(Cl)c(OCc2cccc(-c3ccccc3)c2Br)cc1OCc1cncc(C#N)c1)C(=O)O. The highest BCUT2D eigenvalue weighted by Gasteiger charge is 2.32. The number of rotatable bonds is 12. The first kappa shape index (κ1) is 30.0. The molecule has 210 valence electrons. The molecule has 0 amide bonds. The van der Waals surface area contributed by atoms with E-state index in [1.54, 1.807) is 24.4 Å². The molecule has 0 aliphatic heterocycles. The van der Waals surface area contributed by atoms with Crippen LogP contribution in [-0.4, -0.2) is 33.3 Å². The van der Waals surface area contributed by atoms with E-state index in [1.807, 2.05) is 54.6 Å². The number of hydrogen-bond acceptors (Lipinski definition) is 7. The second kappa shape index (κ2) is 13.6. The third-order valence-electron chi connectivity index (χ3n) is 6.44. The molecule has 0 saturated heterocycles. The van der Waals surface area contributed by atoms with E-state index in [9.17, 15) is 20.3 Å². The van der Waals surface area contributed by atoms with Crippen molar-refractivity contribution >= 4 is 33.5 Å². The molecular weight excluding hydrogens is 610 g/mol. The van der Waals surface area contributed by atoms with Gasteiger partial charge < -0.3 is 19.7 Å². The molecule has 3 N–H and O–H groups in total. The number of nitrogens with one attached hydrogen (secondary N) is 1. The fraction of sp³-hybridized carbons (Fsp3) is 0.194. The minimum Gasteiger partial charge on any atom is -0.488 e. The summed E-state index contributed by atoms with van der Waals surface area (Å²) in [5.74, 6) is -0.437. The Kier molecular flexibility index (Phi) is 9.97. The van der Waals surface area contributed by atoms with Crippen LogP contribution in [0.3, 0.4) is 0 Å². The number of halogens is 2. The lowest BCUT2D eigenvalue weighted by Gasteiger charge is -2.25. The van der Waals surface area contributed by atoms with Crippen molar-refractivity contribution in [1.29, 1.82) is 5.26 Å². The topological polar surface area (TPSA) is 125 Å². The molecule has 0 bridgehead atoms. The minimum absolute atomic E-state index is 0.0415. The van der Waals surface area contributed by atoms with E-state index in [0.29, 0.717) is 33.2 Å². The van der Waals surface area contributed by atoms with Crippen LogP contribution in [0.25, 0.3) is 11.1 Å². The molecular formula is C31H27BrClN3O5. The lowest BCUT2D eigenvalue weighted by molar-refractivity contribution is -0.145. The Balaban J connectivity index is 1.60. The molecule has 0 aliphatic rings. The fourth-order valence-corrected chi connectivity index (χ4v) is 4.77. The maximum absolute atomic E-state index is 11.7. The van der Waals surface area contributed by atoms with E-state index in [4.69, 9.17) is 21.1 Å². The molecule has 8 nitrogen and oxygen atoms in total. The van der Waals surface area contributed by atoms with Crippen LogP contribution in [0, 0.1) is 11.3 Å². The number of carboxylic acid groups (broad SMARTS) is 1. The number of aliphatic hydroxyl groups excluding tert-OH is 1. The lowest BCUT2D eigenvalue weighted by atomic mass is 10.0. The Bertz CT molecular complexity index is 1580. The maximum atomic E-state index is 11.7. The summed E-state index contributed by atoms with van der Waals surface area (Å²) in [4.78, 5) is 15.7. The number of benzene rings is 3. The van der Waals surface area contributed by atoms with E-state index in [2.05, 4.69) is 26.2 Å². The molecule has 0 aliphatic carbocycles. The molecule has 10 heteroatoms. The van der Waals surface area contributed by atoms with E-state index in [-0.39, 0.29) is 19.8 Å². The first-order valence-electron chi connectivity index (χ1n) is 12.6. The van der Waals surface area contributed by atoms with Gasteiger partial charge in [0.1, 0.15) is 36.3 Å². The third kappa shape index (κ3) is 7.43. The van der Waals surface area contributed by atoms with Crippen LogP contribution in [0.5, 0.6) is 11.5 Å². The highest BCUT2D eigenvalue weighted by molar-refractivity contribution is 9.10. The number of hydrogen-bond donors (Lipinski definition) is 3. The van der Waals surface area contributed by atoms with Crippen molar-refractivity contribution in [2.24, 2.45) is 0 Å². The Morgan fingerprint density at radius 3 is 2.51 bits per heavy atom. The van der Waals surface area contributed by atoms with Gasteiger partial charge in [0.15, 0.2) is 0 Å². The largest absolute Gasteiger partial charge is 0.488 e. The fourth-order valence-electron chi connectivity index (χ4n) is 3.92. The highest BCUT2D eigenvalue weighted by Crippen LogP contribution is 2.36. The van der Waals surface area contributed by atoms with Gasteiger partial charge in [-0.25, -0.2) is 0 Å². The first-order valence-corrected chi connectivity index (χ1v) is 13.8. The summed E-state index contributed by atoms with van der Waals surface area (Å²) in [6.07, 6.45) is 3.05. The zero-order valence-corrected chi connectivity index (χ0v) is 24.4. The standard InChI is InChI=1S/C31H27BrClN3O5/c1-31(19-37,30(38)39)36-16-24-11-26(33)28(12-27(24)40-17-21-10-20(13-34)14-35-15-21)41-18-23-8-5-9-25(29(23)32)22-6-3-2-4-7-22/h2-12,14-15,36-37H,16-19H2,1H3,(H,38,39). The molecule has 0 radical (unpaired) electrons. The lowest BCUT2D eigenvalue weighted by Crippen LogP contribution is -2.52. The molecule has 4 rings (SSSR count). The summed E-state index contributed by atoms with van der Waals surface area (Å²) in [5.41, 5.74) is 3.07. The molecule has 1 unspecified atom stereocenters. The van der Waals surface area contributed by atoms with Crippen LogP contribution in [0.2, 0.25) is 5.02 Å². The number of aromatic nitrogens is 1. The van der Waals surface area contributed by atoms with E-state index in [0.717, 1.165) is 21.2 Å². The van der Waals surface area contributed by atoms with Crippen molar-refractivity contribution in [3.63, 3.8) is 0 Å². The maximum Gasteiger partial charge on any atom is 0.326 e. The molecule has 0 spiro atoms. The summed E-state index contributed by atoms with van der Waals surface area (Å²) in [6, 6.07) is 22.9. The van der Waals surface area contributed by atoms with Gasteiger partial charge in [0.2, 0.25) is 0 Å². The van der Waals surface area contributed by atoms with Gasteiger partial charge in [-0.05, 0) is 46.1 Å². The number of ether oxygens (including phenoxy) is 2. The molecule has 3 aromatic carbocycles. The molecule has 41 heavy (non-hydrogen) atoms. The number of carboxylic acids is 1. The van der Waals surface area contributed by atoms with Gasteiger partial charge in [-0.2, -0.15) is 5.26 Å². The van der Waals surface area contributed by atoms with Gasteiger partial charge in [0, 0.05) is 46.2 Å². The summed E-state index contributed by atoms with van der Waals surface area (Å²) in [6.45, 7) is 1.12. The molecule has 1 aromatic heterocycles. The summed E-state index contributed by atoms with van der Waals surface area (Å²) in [7, 11) is 0. The predicted octanol–water partition coefficient (Wildman–Crippen LogP) is 6.12. The van der Waals surface area contributed by atoms with Gasteiger partial charge in [0.05, 0.1) is 17.2 Å². The average molecular weight is 637 g/mol. The number of aliphatic carboxylic acids is 1. The van der Waals surface area contributed by atoms with E-state index >= 15 is 0 Å². The highest BCUT2D eigenvalue weighted by atomic mass is 79.9. The number of nitriles is 1. The van der Waals surface area contributed by atoms with Crippen molar-refractivity contribution in [3.8, 4) is 28.7 Å². The van der Waals surface area contributed by atoms with Gasteiger partial charge in [-0.1, -0.05) is 60.1 Å². The predicted molar refractivity (Wildman–Crippen MR) is 159 cm³/mol. The van der Waals surface area contributed by atoms with E-state index < -0.39 is 18.1 Å². The zero-order valence-electron chi connectivity index (χ0n) is 22.1. The summed E-state index contributed by atoms with van der Waals surface area (Å²) < 4.78 is 13.1. The second-order valence-electron chi connectivity index (χ2n) is 9.46. The molecule has 0 fully saturated rings. The van der Waals surface area contributed by atoms with Crippen LogP contribution in [0.4, 0.5) is 0 Å². The summed E-state index contributed by atoms with van der Waals surface area (Å²) >= 11 is 10.3. The molecule has 1 heterocycles. The molecule has 0 saturated carbocycles. The van der Waals surface area contributed by atoms with Crippen LogP contribution >= 0.6 is 27.5 Å². The monoisotopic (exact) mass is 635 g/mol. The quantitative estimate of drug-likeness (QED) is 0.170. The van der Waals surface area contributed by atoms with Gasteiger partial charge in [-0.3, -0.25) is 15.1 Å². The minimum atomic E-state index is -1.57. The first-order chi connectivity index (χ1) is 19.7. The smallest absolute Gasteiger partial charge is 0.326 e. The van der Waals surface area contributed by atoms with Crippen LogP contribution < -0.4 is 14.8 Å². The van der Waals surface area contributed by atoms with Crippen LogP contribution in [0.15, 0.2) is 83.6 Å². The van der Waals surface area contributed by atoms with Gasteiger partial charge >= 0.3 is 5.97 Å². The average Bonchev–Trinajstić information content (AvgIpc) is 2.99. The van der Waals surface area contributed by atoms with Crippen LogP contribution in [-0.2, 0) is 24.6 Å². The Labute approximate surface area is 251 Å². The normalized spacial score (nSPS) is 12.3. The van der Waals surface area contributed by atoms with Crippen LogP contribution in [0.1, 0.15) is 29.2 Å². The number of nitrogens with zero attached hydrogens (tertiary/aromatic N) is 2. The molecule has 4 aromatic rings. The van der Waals surface area contributed by atoms with Crippen molar-refractivity contribution in [3.05, 3.63) is 111 Å². The Morgan fingerprint density at radius 1 is 1.05 bits per heavy atom. The number of aliphatic hydroxyl groups is 1.